The van der Waals surface area contributed by atoms with Crippen LogP contribution in [0.3, 0.4) is 0 Å². The second-order valence-corrected chi connectivity index (χ2v) is 9.41. The molecule has 1 fully saturated rings. The summed E-state index contributed by atoms with van der Waals surface area (Å²) in [5, 5.41) is 7.06. The number of ether oxygens (including phenoxy) is 3. The lowest BCUT2D eigenvalue weighted by Crippen LogP contribution is -2.18. The molecular formula is C30H31N5O4. The lowest BCUT2D eigenvalue weighted by atomic mass is 10.1. The van der Waals surface area contributed by atoms with Gasteiger partial charge >= 0.3 is 0 Å². The molecule has 9 nitrogen and oxygen atoms in total. The van der Waals surface area contributed by atoms with Gasteiger partial charge in [-0.15, -0.1) is 0 Å². The van der Waals surface area contributed by atoms with Gasteiger partial charge in [-0.1, -0.05) is 24.3 Å². The van der Waals surface area contributed by atoms with Crippen LogP contribution in [-0.4, -0.2) is 60.7 Å². The molecular weight excluding hydrogens is 494 g/mol. The zero-order valence-corrected chi connectivity index (χ0v) is 22.0. The summed E-state index contributed by atoms with van der Waals surface area (Å²) in [6, 6.07) is 20.9. The first-order valence-corrected chi connectivity index (χ1v) is 12.8. The molecule has 0 spiro atoms. The molecule has 2 heterocycles. The number of benzene rings is 3. The van der Waals surface area contributed by atoms with Gasteiger partial charge in [0.1, 0.15) is 35.5 Å². The van der Waals surface area contributed by atoms with Gasteiger partial charge in [0.2, 0.25) is 5.91 Å². The van der Waals surface area contributed by atoms with Crippen molar-refractivity contribution in [1.82, 2.24) is 14.9 Å². The number of para-hydroxylation sites is 1. The third-order valence-corrected chi connectivity index (χ3v) is 6.01. The van der Waals surface area contributed by atoms with E-state index in [0.29, 0.717) is 42.5 Å². The van der Waals surface area contributed by atoms with E-state index in [9.17, 15) is 4.79 Å². The average molecular weight is 526 g/mol. The van der Waals surface area contributed by atoms with Crippen LogP contribution in [0.2, 0.25) is 0 Å². The molecule has 5 rings (SSSR count). The number of carbonyl (C=O) groups is 1. The van der Waals surface area contributed by atoms with Crippen molar-refractivity contribution < 1.29 is 19.0 Å². The SMILES string of the molecule is CN(C)CC=CC(=O)Nc1cc2c(Nc3ccc(Oc4ccccc4)cc3)ncnc2cc1O[C@H]1CCOC1. The minimum atomic E-state index is -0.246. The van der Waals surface area contributed by atoms with Gasteiger partial charge in [-0.25, -0.2) is 9.97 Å². The minimum absolute atomic E-state index is 0.0848. The van der Waals surface area contributed by atoms with Crippen LogP contribution in [0.4, 0.5) is 17.2 Å². The lowest BCUT2D eigenvalue weighted by molar-refractivity contribution is -0.111. The first kappa shape index (κ1) is 26.1. The van der Waals surface area contributed by atoms with Crippen molar-refractivity contribution in [3.05, 3.63) is 85.2 Å². The molecule has 0 aliphatic carbocycles. The second kappa shape index (κ2) is 12.4. The standard InChI is InChI=1S/C30H31N5O4/c1-35(2)15-6-9-29(36)34-27-17-25-26(18-28(27)39-24-14-16-37-19-24)31-20-32-30(25)33-21-10-12-23(13-11-21)38-22-7-4-3-5-8-22/h3-13,17-18,20,24H,14-16,19H2,1-2H3,(H,34,36)(H,31,32,33)/t24-/m0/s1. The Morgan fingerprint density at radius 2 is 1.87 bits per heavy atom. The third-order valence-electron chi connectivity index (χ3n) is 6.01. The number of hydrogen-bond donors (Lipinski definition) is 2. The van der Waals surface area contributed by atoms with Crippen LogP contribution in [0.25, 0.3) is 10.9 Å². The highest BCUT2D eigenvalue weighted by Crippen LogP contribution is 2.35. The first-order chi connectivity index (χ1) is 19.0. The predicted molar refractivity (Wildman–Crippen MR) is 152 cm³/mol. The van der Waals surface area contributed by atoms with Crippen molar-refractivity contribution >= 4 is 34.0 Å². The Morgan fingerprint density at radius 1 is 1.08 bits per heavy atom. The Balaban J connectivity index is 1.40. The fourth-order valence-corrected chi connectivity index (χ4v) is 4.08. The number of likely N-dealkylation sites (N-methyl/N-ethyl adjacent to an activating group) is 1. The number of aromatic nitrogens is 2. The quantitative estimate of drug-likeness (QED) is 0.266. The maximum absolute atomic E-state index is 12.7. The van der Waals surface area contributed by atoms with Crippen molar-refractivity contribution in [3.63, 3.8) is 0 Å². The summed E-state index contributed by atoms with van der Waals surface area (Å²) in [4.78, 5) is 23.6. The van der Waals surface area contributed by atoms with Crippen molar-refractivity contribution in [1.29, 1.82) is 0 Å². The van der Waals surface area contributed by atoms with Crippen LogP contribution < -0.4 is 20.1 Å². The van der Waals surface area contributed by atoms with E-state index in [0.717, 1.165) is 29.0 Å². The Morgan fingerprint density at radius 3 is 2.62 bits per heavy atom. The fraction of sp³-hybridized carbons (Fsp3) is 0.233. The monoisotopic (exact) mass is 525 g/mol. The van der Waals surface area contributed by atoms with E-state index >= 15 is 0 Å². The maximum Gasteiger partial charge on any atom is 0.248 e. The van der Waals surface area contributed by atoms with Crippen LogP contribution in [0.5, 0.6) is 17.2 Å². The molecule has 0 radical (unpaired) electrons. The third kappa shape index (κ3) is 7.10. The highest BCUT2D eigenvalue weighted by molar-refractivity contribution is 6.03. The van der Waals surface area contributed by atoms with Gasteiger partial charge in [0.05, 0.1) is 24.4 Å². The average Bonchev–Trinajstić information content (AvgIpc) is 3.44. The molecule has 9 heteroatoms. The Kier molecular flexibility index (Phi) is 8.30. The van der Waals surface area contributed by atoms with E-state index in [1.165, 1.54) is 12.4 Å². The smallest absolute Gasteiger partial charge is 0.248 e. The zero-order valence-electron chi connectivity index (χ0n) is 22.0. The zero-order chi connectivity index (χ0) is 27.0. The van der Waals surface area contributed by atoms with Gasteiger partial charge in [0.15, 0.2) is 0 Å². The molecule has 1 amide bonds. The van der Waals surface area contributed by atoms with E-state index in [-0.39, 0.29) is 12.0 Å². The summed E-state index contributed by atoms with van der Waals surface area (Å²) in [7, 11) is 3.89. The number of fused-ring (bicyclic) bond motifs is 1. The Hall–Kier alpha value is -4.47. The van der Waals surface area contributed by atoms with Crippen molar-refractivity contribution in [2.75, 3.05) is 44.5 Å². The van der Waals surface area contributed by atoms with E-state index in [1.807, 2.05) is 91.8 Å². The molecule has 0 unspecified atom stereocenters. The highest BCUT2D eigenvalue weighted by atomic mass is 16.5. The number of amides is 1. The van der Waals surface area contributed by atoms with Gasteiger partial charge in [-0.3, -0.25) is 4.79 Å². The van der Waals surface area contributed by atoms with Gasteiger partial charge in [0.25, 0.3) is 0 Å². The molecule has 0 saturated carbocycles. The minimum Gasteiger partial charge on any atom is -0.486 e. The number of carbonyl (C=O) groups excluding carboxylic acids is 1. The van der Waals surface area contributed by atoms with Crippen LogP contribution >= 0.6 is 0 Å². The largest absolute Gasteiger partial charge is 0.486 e. The molecule has 3 aromatic carbocycles. The fourth-order valence-electron chi connectivity index (χ4n) is 4.08. The molecule has 1 aliphatic rings. The normalized spacial score (nSPS) is 15.1. The number of nitrogens with one attached hydrogen (secondary N) is 2. The number of nitrogens with zero attached hydrogens (tertiary/aromatic N) is 3. The number of rotatable bonds is 10. The highest BCUT2D eigenvalue weighted by Gasteiger charge is 2.20. The van der Waals surface area contributed by atoms with Gasteiger partial charge < -0.3 is 29.7 Å². The van der Waals surface area contributed by atoms with Crippen LogP contribution in [-0.2, 0) is 9.53 Å². The lowest BCUT2D eigenvalue weighted by Gasteiger charge is -2.17. The Labute approximate surface area is 227 Å². The molecule has 0 bridgehead atoms. The summed E-state index contributed by atoms with van der Waals surface area (Å²) >= 11 is 0. The molecule has 1 aromatic heterocycles. The van der Waals surface area contributed by atoms with E-state index in [4.69, 9.17) is 14.2 Å². The first-order valence-electron chi connectivity index (χ1n) is 12.8. The predicted octanol–water partition coefficient (Wildman–Crippen LogP) is 5.39. The molecule has 39 heavy (non-hydrogen) atoms. The van der Waals surface area contributed by atoms with Crippen molar-refractivity contribution in [2.24, 2.45) is 0 Å². The van der Waals surface area contributed by atoms with Crippen LogP contribution in [0.15, 0.2) is 85.2 Å². The van der Waals surface area contributed by atoms with Gasteiger partial charge in [-0.05, 0) is 56.6 Å². The summed E-state index contributed by atoms with van der Waals surface area (Å²) in [6.45, 7) is 1.82. The molecule has 2 N–H and O–H groups in total. The summed E-state index contributed by atoms with van der Waals surface area (Å²) in [6.07, 6.45) is 5.53. The number of anilines is 3. The van der Waals surface area contributed by atoms with Gasteiger partial charge in [-0.2, -0.15) is 0 Å². The van der Waals surface area contributed by atoms with E-state index < -0.39 is 0 Å². The van der Waals surface area contributed by atoms with Crippen molar-refractivity contribution in [3.8, 4) is 17.2 Å². The van der Waals surface area contributed by atoms with Gasteiger partial charge in [0, 0.05) is 36.2 Å². The van der Waals surface area contributed by atoms with E-state index in [2.05, 4.69) is 20.6 Å². The van der Waals surface area contributed by atoms with E-state index in [1.54, 1.807) is 0 Å². The number of hydrogen-bond acceptors (Lipinski definition) is 8. The Bertz CT molecular complexity index is 1440. The maximum atomic E-state index is 12.7. The van der Waals surface area contributed by atoms with Crippen LogP contribution in [0.1, 0.15) is 6.42 Å². The van der Waals surface area contributed by atoms with Crippen LogP contribution in [0, 0.1) is 0 Å². The molecule has 1 aliphatic heterocycles. The molecule has 4 aromatic rings. The molecule has 200 valence electrons. The second-order valence-electron chi connectivity index (χ2n) is 9.41. The van der Waals surface area contributed by atoms with Crippen molar-refractivity contribution in [2.45, 2.75) is 12.5 Å². The topological polar surface area (TPSA) is 97.8 Å². The molecule has 1 saturated heterocycles. The molecule has 1 atom stereocenters. The summed E-state index contributed by atoms with van der Waals surface area (Å²) in [5.41, 5.74) is 2.06. The summed E-state index contributed by atoms with van der Waals surface area (Å²) < 4.78 is 17.6. The summed E-state index contributed by atoms with van der Waals surface area (Å²) in [5.74, 6) is 2.40.